The molecule has 0 radical (unpaired) electrons. The van der Waals surface area contributed by atoms with Crippen molar-refractivity contribution in [3.8, 4) is 0 Å². The van der Waals surface area contributed by atoms with E-state index in [4.69, 9.17) is 0 Å². The van der Waals surface area contributed by atoms with Crippen LogP contribution < -0.4 is 5.32 Å². The maximum Gasteiger partial charge on any atom is 0.236 e. The first kappa shape index (κ1) is 14.6. The fourth-order valence-electron chi connectivity index (χ4n) is 1.65. The molecule has 1 rings (SSSR count). The summed E-state index contributed by atoms with van der Waals surface area (Å²) in [5.41, 5.74) is 0.540. The fourth-order valence-corrected chi connectivity index (χ4v) is 1.65. The Kier molecular flexibility index (Phi) is 5.28. The first-order valence-corrected chi connectivity index (χ1v) is 6.17. The molecule has 1 aromatic carbocycles. The second-order valence-electron chi connectivity index (χ2n) is 4.74. The highest BCUT2D eigenvalue weighted by atomic mass is 19.1. The number of nitrogens with one attached hydrogen (secondary N) is 1. The van der Waals surface area contributed by atoms with Crippen LogP contribution in [0.4, 0.5) is 4.39 Å². The summed E-state index contributed by atoms with van der Waals surface area (Å²) < 4.78 is 13.6. The minimum atomic E-state index is -0.276. The molecule has 0 aromatic heterocycles. The van der Waals surface area contributed by atoms with Crippen molar-refractivity contribution in [2.75, 3.05) is 13.6 Å². The number of carbonyl (C=O) groups is 1. The number of amides is 1. The predicted octanol–water partition coefficient (Wildman–Crippen LogP) is 2.34. The Morgan fingerprint density at radius 3 is 2.50 bits per heavy atom. The van der Waals surface area contributed by atoms with E-state index in [0.29, 0.717) is 5.56 Å². The molecule has 0 aliphatic rings. The SMILES string of the molecule is CC(C)NCC(=O)N(C)C(C)c1ccccc1F. The van der Waals surface area contributed by atoms with Crippen LogP contribution in [0.15, 0.2) is 24.3 Å². The Hall–Kier alpha value is -1.42. The van der Waals surface area contributed by atoms with Gasteiger partial charge in [0.15, 0.2) is 0 Å². The molecular weight excluding hydrogens is 231 g/mol. The zero-order chi connectivity index (χ0) is 13.7. The van der Waals surface area contributed by atoms with Gasteiger partial charge in [-0.1, -0.05) is 32.0 Å². The average Bonchev–Trinajstić information content (AvgIpc) is 2.34. The van der Waals surface area contributed by atoms with Gasteiger partial charge in [0.2, 0.25) is 5.91 Å². The van der Waals surface area contributed by atoms with Gasteiger partial charge in [0.05, 0.1) is 12.6 Å². The van der Waals surface area contributed by atoms with E-state index in [1.54, 1.807) is 30.1 Å². The zero-order valence-electron chi connectivity index (χ0n) is 11.4. The summed E-state index contributed by atoms with van der Waals surface area (Å²) in [6.07, 6.45) is 0. The lowest BCUT2D eigenvalue weighted by Crippen LogP contribution is -2.39. The van der Waals surface area contributed by atoms with Crippen LogP contribution in [0.1, 0.15) is 32.4 Å². The number of benzene rings is 1. The number of hydrogen-bond donors (Lipinski definition) is 1. The number of nitrogens with zero attached hydrogens (tertiary/aromatic N) is 1. The highest BCUT2D eigenvalue weighted by Gasteiger charge is 2.19. The molecule has 1 atom stereocenters. The van der Waals surface area contributed by atoms with Crippen LogP contribution in [0, 0.1) is 5.82 Å². The van der Waals surface area contributed by atoms with E-state index in [1.165, 1.54) is 6.07 Å². The Bertz CT molecular complexity index is 407. The van der Waals surface area contributed by atoms with Gasteiger partial charge < -0.3 is 10.2 Å². The van der Waals surface area contributed by atoms with E-state index in [0.717, 1.165) is 0 Å². The summed E-state index contributed by atoms with van der Waals surface area (Å²) in [4.78, 5) is 13.5. The van der Waals surface area contributed by atoms with Crippen LogP contribution in [0.25, 0.3) is 0 Å². The quantitative estimate of drug-likeness (QED) is 0.872. The van der Waals surface area contributed by atoms with E-state index in [1.807, 2.05) is 20.8 Å². The smallest absolute Gasteiger partial charge is 0.236 e. The summed E-state index contributed by atoms with van der Waals surface area (Å²) in [6, 6.07) is 6.53. The molecule has 0 bridgehead atoms. The molecular formula is C14H21FN2O. The second kappa shape index (κ2) is 6.50. The summed E-state index contributed by atoms with van der Waals surface area (Å²) in [7, 11) is 1.70. The van der Waals surface area contributed by atoms with Gasteiger partial charge in [-0.2, -0.15) is 0 Å². The van der Waals surface area contributed by atoms with Crippen molar-refractivity contribution in [3.05, 3.63) is 35.6 Å². The van der Waals surface area contributed by atoms with Crippen molar-refractivity contribution >= 4 is 5.91 Å². The van der Waals surface area contributed by atoms with Gasteiger partial charge in [-0.25, -0.2) is 4.39 Å². The van der Waals surface area contributed by atoms with Gasteiger partial charge in [0.1, 0.15) is 5.82 Å². The van der Waals surface area contributed by atoms with Crippen molar-refractivity contribution in [1.29, 1.82) is 0 Å². The van der Waals surface area contributed by atoms with Crippen molar-refractivity contribution < 1.29 is 9.18 Å². The van der Waals surface area contributed by atoms with Gasteiger partial charge in [-0.15, -0.1) is 0 Å². The Morgan fingerprint density at radius 1 is 1.33 bits per heavy atom. The highest BCUT2D eigenvalue weighted by Crippen LogP contribution is 2.21. The number of carbonyl (C=O) groups excluding carboxylic acids is 1. The Balaban J connectivity index is 2.69. The molecule has 0 spiro atoms. The third-order valence-electron chi connectivity index (χ3n) is 2.99. The van der Waals surface area contributed by atoms with E-state index >= 15 is 0 Å². The van der Waals surface area contributed by atoms with Gasteiger partial charge in [0, 0.05) is 18.7 Å². The number of halogens is 1. The van der Waals surface area contributed by atoms with Crippen LogP contribution in [-0.4, -0.2) is 30.4 Å². The largest absolute Gasteiger partial charge is 0.338 e. The Morgan fingerprint density at radius 2 is 1.94 bits per heavy atom. The lowest BCUT2D eigenvalue weighted by atomic mass is 10.1. The summed E-state index contributed by atoms with van der Waals surface area (Å²) in [6.45, 7) is 6.06. The lowest BCUT2D eigenvalue weighted by molar-refractivity contribution is -0.131. The summed E-state index contributed by atoms with van der Waals surface area (Å²) in [5, 5.41) is 3.06. The van der Waals surface area contributed by atoms with Gasteiger partial charge in [0.25, 0.3) is 0 Å². The third-order valence-corrected chi connectivity index (χ3v) is 2.99. The predicted molar refractivity (Wildman–Crippen MR) is 70.7 cm³/mol. The molecule has 0 heterocycles. The molecule has 18 heavy (non-hydrogen) atoms. The van der Waals surface area contributed by atoms with Crippen LogP contribution in [0.3, 0.4) is 0 Å². The van der Waals surface area contributed by atoms with Crippen LogP contribution >= 0.6 is 0 Å². The lowest BCUT2D eigenvalue weighted by Gasteiger charge is -2.26. The van der Waals surface area contributed by atoms with Crippen LogP contribution in [0.5, 0.6) is 0 Å². The molecule has 0 aliphatic carbocycles. The monoisotopic (exact) mass is 252 g/mol. The molecule has 1 amide bonds. The van der Waals surface area contributed by atoms with Gasteiger partial charge in [-0.3, -0.25) is 4.79 Å². The van der Waals surface area contributed by atoms with Crippen molar-refractivity contribution in [2.45, 2.75) is 32.9 Å². The summed E-state index contributed by atoms with van der Waals surface area (Å²) >= 11 is 0. The highest BCUT2D eigenvalue weighted by molar-refractivity contribution is 5.78. The van der Waals surface area contributed by atoms with E-state index in [-0.39, 0.29) is 30.4 Å². The first-order valence-electron chi connectivity index (χ1n) is 6.17. The van der Waals surface area contributed by atoms with Gasteiger partial charge >= 0.3 is 0 Å². The second-order valence-corrected chi connectivity index (χ2v) is 4.74. The molecule has 0 aliphatic heterocycles. The Labute approximate surface area is 108 Å². The minimum absolute atomic E-state index is 0.0422. The molecule has 0 saturated heterocycles. The average molecular weight is 252 g/mol. The standard InChI is InChI=1S/C14H21FN2O/c1-10(2)16-9-14(18)17(4)11(3)12-7-5-6-8-13(12)15/h5-8,10-11,16H,9H2,1-4H3. The summed E-state index contributed by atoms with van der Waals surface area (Å²) in [5.74, 6) is -0.319. The number of rotatable bonds is 5. The molecule has 100 valence electrons. The van der Waals surface area contributed by atoms with E-state index < -0.39 is 0 Å². The van der Waals surface area contributed by atoms with Crippen LogP contribution in [-0.2, 0) is 4.79 Å². The molecule has 1 N–H and O–H groups in total. The maximum absolute atomic E-state index is 13.6. The topological polar surface area (TPSA) is 32.3 Å². The van der Waals surface area contributed by atoms with Crippen LogP contribution in [0.2, 0.25) is 0 Å². The number of likely N-dealkylation sites (N-methyl/N-ethyl adjacent to an activating group) is 1. The zero-order valence-corrected chi connectivity index (χ0v) is 11.4. The molecule has 4 heteroatoms. The molecule has 1 unspecified atom stereocenters. The van der Waals surface area contributed by atoms with E-state index in [9.17, 15) is 9.18 Å². The molecule has 0 fully saturated rings. The van der Waals surface area contributed by atoms with Crippen molar-refractivity contribution in [1.82, 2.24) is 10.2 Å². The fraction of sp³-hybridized carbons (Fsp3) is 0.500. The third kappa shape index (κ3) is 3.81. The van der Waals surface area contributed by atoms with Gasteiger partial charge in [-0.05, 0) is 13.0 Å². The molecule has 3 nitrogen and oxygen atoms in total. The molecule has 0 saturated carbocycles. The first-order chi connectivity index (χ1) is 8.43. The number of hydrogen-bond acceptors (Lipinski definition) is 2. The van der Waals surface area contributed by atoms with Crippen molar-refractivity contribution in [3.63, 3.8) is 0 Å². The van der Waals surface area contributed by atoms with E-state index in [2.05, 4.69) is 5.32 Å². The van der Waals surface area contributed by atoms with Crippen molar-refractivity contribution in [2.24, 2.45) is 0 Å². The maximum atomic E-state index is 13.6. The normalized spacial score (nSPS) is 12.6. The minimum Gasteiger partial charge on any atom is -0.338 e. The molecule has 1 aromatic rings.